The van der Waals surface area contributed by atoms with Gasteiger partial charge in [0.05, 0.1) is 0 Å². The van der Waals surface area contributed by atoms with Gasteiger partial charge in [0, 0.05) is 24.9 Å². The summed E-state index contributed by atoms with van der Waals surface area (Å²) in [7, 11) is 0. The molecule has 1 saturated carbocycles. The fourth-order valence-electron chi connectivity index (χ4n) is 3.28. The maximum atomic E-state index is 12.3. The first-order valence-corrected chi connectivity index (χ1v) is 9.30. The Balaban J connectivity index is 1.66. The molecule has 0 atom stereocenters. The summed E-state index contributed by atoms with van der Waals surface area (Å²) in [6, 6.07) is 9.96. The van der Waals surface area contributed by atoms with Crippen molar-refractivity contribution in [2.45, 2.75) is 58.4 Å². The summed E-state index contributed by atoms with van der Waals surface area (Å²) in [6.45, 7) is 3.52. The lowest BCUT2D eigenvalue weighted by atomic mass is 9.81. The molecule has 4 heteroatoms. The number of amides is 2. The Morgan fingerprint density at radius 3 is 2.08 bits per heavy atom. The van der Waals surface area contributed by atoms with Crippen LogP contribution < -0.4 is 10.6 Å². The number of hydrogen-bond acceptors (Lipinski definition) is 2. The van der Waals surface area contributed by atoms with Crippen molar-refractivity contribution in [3.8, 4) is 0 Å². The van der Waals surface area contributed by atoms with Crippen LogP contribution in [0.25, 0.3) is 0 Å². The van der Waals surface area contributed by atoms with Crippen molar-refractivity contribution in [1.29, 1.82) is 0 Å². The molecule has 0 unspecified atom stereocenters. The van der Waals surface area contributed by atoms with Crippen LogP contribution in [0.1, 0.15) is 57.4 Å². The van der Waals surface area contributed by atoms with E-state index in [1.54, 1.807) is 0 Å². The third-order valence-electron chi connectivity index (χ3n) is 4.86. The van der Waals surface area contributed by atoms with Crippen LogP contribution in [0.3, 0.4) is 0 Å². The van der Waals surface area contributed by atoms with Crippen LogP contribution in [0.4, 0.5) is 0 Å². The van der Waals surface area contributed by atoms with E-state index in [0.717, 1.165) is 50.6 Å². The van der Waals surface area contributed by atoms with Gasteiger partial charge >= 0.3 is 0 Å². The molecule has 1 aromatic rings. The quantitative estimate of drug-likeness (QED) is 0.718. The Bertz CT molecular complexity index is 508. The Labute approximate surface area is 145 Å². The highest BCUT2D eigenvalue weighted by atomic mass is 16.2. The molecular formula is C20H30N2O2. The largest absolute Gasteiger partial charge is 0.356 e. The topological polar surface area (TPSA) is 58.2 Å². The molecule has 1 aromatic carbocycles. The van der Waals surface area contributed by atoms with Crippen LogP contribution in [0.5, 0.6) is 0 Å². The first-order valence-electron chi connectivity index (χ1n) is 9.30. The second kappa shape index (κ2) is 10.1. The highest BCUT2D eigenvalue weighted by molar-refractivity contribution is 5.81. The molecule has 1 aliphatic rings. The smallest absolute Gasteiger partial charge is 0.223 e. The normalized spacial score (nSPS) is 20.4. The van der Waals surface area contributed by atoms with Crippen molar-refractivity contribution in [2.75, 3.05) is 6.54 Å². The molecular weight excluding hydrogens is 300 g/mol. The minimum Gasteiger partial charge on any atom is -0.356 e. The molecule has 0 saturated heterocycles. The highest BCUT2D eigenvalue weighted by Gasteiger charge is 2.29. The van der Waals surface area contributed by atoms with E-state index in [2.05, 4.69) is 17.6 Å². The minimum atomic E-state index is 0.0536. The number of hydrogen-bond donors (Lipinski definition) is 2. The maximum absolute atomic E-state index is 12.3. The SMILES string of the molecule is CCCCCNC(=O)C1CCC(C(=O)NCc2ccccc2)CC1. The van der Waals surface area contributed by atoms with Gasteiger partial charge in [0.25, 0.3) is 0 Å². The third kappa shape index (κ3) is 5.99. The number of carbonyl (C=O) groups is 2. The van der Waals surface area contributed by atoms with E-state index < -0.39 is 0 Å². The lowest BCUT2D eigenvalue weighted by Gasteiger charge is -2.27. The zero-order chi connectivity index (χ0) is 17.2. The molecule has 1 fully saturated rings. The van der Waals surface area contributed by atoms with E-state index in [-0.39, 0.29) is 23.7 Å². The van der Waals surface area contributed by atoms with E-state index in [0.29, 0.717) is 6.54 Å². The molecule has 0 aromatic heterocycles. The van der Waals surface area contributed by atoms with Gasteiger partial charge in [-0.1, -0.05) is 50.1 Å². The molecule has 0 radical (unpaired) electrons. The van der Waals surface area contributed by atoms with Gasteiger partial charge in [-0.05, 0) is 37.7 Å². The molecule has 4 nitrogen and oxygen atoms in total. The van der Waals surface area contributed by atoms with Crippen molar-refractivity contribution < 1.29 is 9.59 Å². The number of rotatable bonds is 8. The standard InChI is InChI=1S/C20H30N2O2/c1-2-3-7-14-21-19(23)17-10-12-18(13-11-17)20(24)22-15-16-8-5-4-6-9-16/h4-6,8-9,17-18H,2-3,7,10-15H2,1H3,(H,21,23)(H,22,24). The zero-order valence-corrected chi connectivity index (χ0v) is 14.7. The van der Waals surface area contributed by atoms with Gasteiger partial charge in [-0.15, -0.1) is 0 Å². The maximum Gasteiger partial charge on any atom is 0.223 e. The zero-order valence-electron chi connectivity index (χ0n) is 14.7. The molecule has 2 amide bonds. The van der Waals surface area contributed by atoms with E-state index in [4.69, 9.17) is 0 Å². The lowest BCUT2D eigenvalue weighted by Crippen LogP contribution is -2.37. The van der Waals surface area contributed by atoms with Gasteiger partial charge in [-0.2, -0.15) is 0 Å². The Morgan fingerprint density at radius 2 is 1.50 bits per heavy atom. The van der Waals surface area contributed by atoms with Gasteiger partial charge in [0.15, 0.2) is 0 Å². The lowest BCUT2D eigenvalue weighted by molar-refractivity contribution is -0.130. The molecule has 1 aliphatic carbocycles. The molecule has 2 N–H and O–H groups in total. The summed E-state index contributed by atoms with van der Waals surface area (Å²) < 4.78 is 0. The van der Waals surface area contributed by atoms with E-state index in [9.17, 15) is 9.59 Å². The third-order valence-corrected chi connectivity index (χ3v) is 4.86. The molecule has 24 heavy (non-hydrogen) atoms. The van der Waals surface area contributed by atoms with Crippen molar-refractivity contribution in [3.63, 3.8) is 0 Å². The Kier molecular flexibility index (Phi) is 7.80. The first kappa shape index (κ1) is 18.5. The summed E-state index contributed by atoms with van der Waals surface area (Å²) >= 11 is 0. The summed E-state index contributed by atoms with van der Waals surface area (Å²) in [4.78, 5) is 24.4. The monoisotopic (exact) mass is 330 g/mol. The average molecular weight is 330 g/mol. The molecule has 132 valence electrons. The molecule has 0 spiro atoms. The van der Waals surface area contributed by atoms with Crippen LogP contribution in [0.2, 0.25) is 0 Å². The minimum absolute atomic E-state index is 0.0536. The molecule has 0 aliphatic heterocycles. The van der Waals surface area contributed by atoms with Crippen LogP contribution in [-0.2, 0) is 16.1 Å². The summed E-state index contributed by atoms with van der Waals surface area (Å²) in [6.07, 6.45) is 6.65. The summed E-state index contributed by atoms with van der Waals surface area (Å²) in [5.74, 6) is 0.442. The summed E-state index contributed by atoms with van der Waals surface area (Å²) in [5.41, 5.74) is 1.12. The van der Waals surface area contributed by atoms with Crippen molar-refractivity contribution in [3.05, 3.63) is 35.9 Å². The fraction of sp³-hybridized carbons (Fsp3) is 0.600. The van der Waals surface area contributed by atoms with E-state index in [1.165, 1.54) is 6.42 Å². The predicted octanol–water partition coefficient (Wildman–Crippen LogP) is 3.42. The second-order valence-corrected chi connectivity index (χ2v) is 6.75. The summed E-state index contributed by atoms with van der Waals surface area (Å²) in [5, 5.41) is 6.06. The van der Waals surface area contributed by atoms with Crippen LogP contribution >= 0.6 is 0 Å². The first-order chi connectivity index (χ1) is 11.7. The van der Waals surface area contributed by atoms with Crippen LogP contribution in [0.15, 0.2) is 30.3 Å². The Hall–Kier alpha value is -1.84. The van der Waals surface area contributed by atoms with Crippen molar-refractivity contribution >= 4 is 11.8 Å². The number of carbonyl (C=O) groups excluding carboxylic acids is 2. The molecule has 0 heterocycles. The predicted molar refractivity (Wildman–Crippen MR) is 96.3 cm³/mol. The van der Waals surface area contributed by atoms with E-state index >= 15 is 0 Å². The number of nitrogens with one attached hydrogen (secondary N) is 2. The van der Waals surface area contributed by atoms with Gasteiger partial charge in [0.2, 0.25) is 11.8 Å². The molecule has 0 bridgehead atoms. The van der Waals surface area contributed by atoms with Crippen molar-refractivity contribution in [1.82, 2.24) is 10.6 Å². The second-order valence-electron chi connectivity index (χ2n) is 6.75. The van der Waals surface area contributed by atoms with E-state index in [1.807, 2.05) is 30.3 Å². The van der Waals surface area contributed by atoms with Gasteiger partial charge < -0.3 is 10.6 Å². The number of benzene rings is 1. The molecule has 2 rings (SSSR count). The van der Waals surface area contributed by atoms with Gasteiger partial charge in [0.1, 0.15) is 0 Å². The van der Waals surface area contributed by atoms with Crippen LogP contribution in [-0.4, -0.2) is 18.4 Å². The fourth-order valence-corrected chi connectivity index (χ4v) is 3.28. The average Bonchev–Trinajstić information content (AvgIpc) is 2.64. The van der Waals surface area contributed by atoms with Crippen molar-refractivity contribution in [2.24, 2.45) is 11.8 Å². The Morgan fingerprint density at radius 1 is 0.917 bits per heavy atom. The van der Waals surface area contributed by atoms with Gasteiger partial charge in [-0.3, -0.25) is 9.59 Å². The highest BCUT2D eigenvalue weighted by Crippen LogP contribution is 2.29. The van der Waals surface area contributed by atoms with Gasteiger partial charge in [-0.25, -0.2) is 0 Å². The number of unbranched alkanes of at least 4 members (excludes halogenated alkanes) is 2. The van der Waals surface area contributed by atoms with Crippen LogP contribution in [0, 0.1) is 11.8 Å².